The molecule has 2 aliphatic rings. The van der Waals surface area contributed by atoms with Crippen molar-refractivity contribution in [3.05, 3.63) is 0 Å². The molecule has 110 valence electrons. The van der Waals surface area contributed by atoms with Crippen LogP contribution in [0.4, 0.5) is 8.78 Å². The first kappa shape index (κ1) is 14.6. The maximum Gasteiger partial charge on any atom is 0.465 e. The SMILES string of the molecule is COC1CC2CC1CC2OC(=O)C(F)(F)S(=O)(=O)O. The highest BCUT2D eigenvalue weighted by Crippen LogP contribution is 2.47. The highest BCUT2D eigenvalue weighted by Gasteiger charge is 2.57. The highest BCUT2D eigenvalue weighted by molar-refractivity contribution is 7.87. The van der Waals surface area contributed by atoms with Gasteiger partial charge in [0.05, 0.1) is 6.10 Å². The van der Waals surface area contributed by atoms with Gasteiger partial charge in [0.1, 0.15) is 6.10 Å². The Labute approximate surface area is 108 Å². The zero-order chi connectivity index (χ0) is 14.4. The molecule has 9 heteroatoms. The second kappa shape index (κ2) is 4.64. The van der Waals surface area contributed by atoms with Gasteiger partial charge in [-0.05, 0) is 31.1 Å². The van der Waals surface area contributed by atoms with E-state index < -0.39 is 27.4 Å². The van der Waals surface area contributed by atoms with Crippen molar-refractivity contribution < 1.29 is 36.0 Å². The topological polar surface area (TPSA) is 89.9 Å². The molecule has 2 fully saturated rings. The Morgan fingerprint density at radius 1 is 1.21 bits per heavy atom. The van der Waals surface area contributed by atoms with E-state index in [1.807, 2.05) is 0 Å². The Morgan fingerprint density at radius 2 is 1.74 bits per heavy atom. The lowest BCUT2D eigenvalue weighted by Crippen LogP contribution is -2.42. The van der Waals surface area contributed by atoms with E-state index in [0.29, 0.717) is 19.3 Å². The van der Waals surface area contributed by atoms with E-state index in [1.54, 1.807) is 7.11 Å². The van der Waals surface area contributed by atoms with Gasteiger partial charge in [-0.3, -0.25) is 4.55 Å². The van der Waals surface area contributed by atoms with Crippen molar-refractivity contribution in [3.8, 4) is 0 Å². The molecule has 2 bridgehead atoms. The van der Waals surface area contributed by atoms with E-state index in [2.05, 4.69) is 4.74 Å². The summed E-state index contributed by atoms with van der Waals surface area (Å²) >= 11 is 0. The molecule has 19 heavy (non-hydrogen) atoms. The molecule has 0 radical (unpaired) electrons. The fraction of sp³-hybridized carbons (Fsp3) is 0.900. The van der Waals surface area contributed by atoms with Crippen molar-refractivity contribution in [1.29, 1.82) is 0 Å². The van der Waals surface area contributed by atoms with E-state index in [9.17, 15) is 22.0 Å². The van der Waals surface area contributed by atoms with Crippen molar-refractivity contribution in [1.82, 2.24) is 0 Å². The fourth-order valence-corrected chi connectivity index (χ4v) is 3.17. The summed E-state index contributed by atoms with van der Waals surface area (Å²) in [5, 5.41) is -4.92. The third-order valence-corrected chi connectivity index (χ3v) is 4.66. The summed E-state index contributed by atoms with van der Waals surface area (Å²) < 4.78 is 64.9. The summed E-state index contributed by atoms with van der Waals surface area (Å²) in [5.41, 5.74) is 0. The van der Waals surface area contributed by atoms with Crippen molar-refractivity contribution in [2.45, 2.75) is 36.7 Å². The van der Waals surface area contributed by atoms with Gasteiger partial charge in [-0.25, -0.2) is 4.79 Å². The summed E-state index contributed by atoms with van der Waals surface area (Å²) in [5.74, 6) is -2.19. The number of ether oxygens (including phenoxy) is 2. The molecule has 0 spiro atoms. The van der Waals surface area contributed by atoms with Gasteiger partial charge in [0.2, 0.25) is 0 Å². The average Bonchev–Trinajstić information content (AvgIpc) is 2.86. The van der Waals surface area contributed by atoms with Crippen LogP contribution in [-0.2, 0) is 24.4 Å². The second-order valence-electron chi connectivity index (χ2n) is 4.94. The van der Waals surface area contributed by atoms with Crippen LogP contribution < -0.4 is 0 Å². The zero-order valence-corrected chi connectivity index (χ0v) is 10.9. The van der Waals surface area contributed by atoms with Crippen LogP contribution in [0.3, 0.4) is 0 Å². The predicted octanol–water partition coefficient (Wildman–Crippen LogP) is 0.824. The highest BCUT2D eigenvalue weighted by atomic mass is 32.2. The summed E-state index contributed by atoms with van der Waals surface area (Å²) in [7, 11) is -4.25. The van der Waals surface area contributed by atoms with E-state index in [1.165, 1.54) is 0 Å². The molecular weight excluding hydrogens is 286 g/mol. The van der Waals surface area contributed by atoms with Crippen LogP contribution in [0, 0.1) is 11.8 Å². The van der Waals surface area contributed by atoms with Gasteiger partial charge < -0.3 is 9.47 Å². The van der Waals surface area contributed by atoms with E-state index in [-0.39, 0.29) is 17.9 Å². The Balaban J connectivity index is 2.00. The molecule has 1 N–H and O–H groups in total. The molecular formula is C10H14F2O6S. The lowest BCUT2D eigenvalue weighted by molar-refractivity contribution is -0.170. The minimum Gasteiger partial charge on any atom is -0.457 e. The maximum absolute atomic E-state index is 13.0. The molecule has 0 aliphatic heterocycles. The van der Waals surface area contributed by atoms with Crippen molar-refractivity contribution >= 4 is 16.1 Å². The minimum atomic E-state index is -5.80. The quantitative estimate of drug-likeness (QED) is 0.611. The van der Waals surface area contributed by atoms with Gasteiger partial charge in [0.25, 0.3) is 0 Å². The van der Waals surface area contributed by atoms with Crippen molar-refractivity contribution in [2.24, 2.45) is 11.8 Å². The number of rotatable bonds is 4. The lowest BCUT2D eigenvalue weighted by Gasteiger charge is -2.27. The smallest absolute Gasteiger partial charge is 0.457 e. The molecule has 6 nitrogen and oxygen atoms in total. The average molecular weight is 300 g/mol. The third-order valence-electron chi connectivity index (χ3n) is 3.85. The monoisotopic (exact) mass is 300 g/mol. The second-order valence-corrected chi connectivity index (χ2v) is 6.40. The first-order valence-electron chi connectivity index (χ1n) is 5.75. The summed E-state index contributed by atoms with van der Waals surface area (Å²) in [6, 6.07) is 0. The number of hydrogen-bond donors (Lipinski definition) is 1. The van der Waals surface area contributed by atoms with Crippen LogP contribution in [0.2, 0.25) is 0 Å². The molecule has 2 saturated carbocycles. The Kier molecular flexibility index (Phi) is 3.56. The molecule has 0 aromatic carbocycles. The maximum atomic E-state index is 13.0. The Bertz CT molecular complexity index is 476. The number of carbonyl (C=O) groups excluding carboxylic acids is 1. The number of hydrogen-bond acceptors (Lipinski definition) is 5. The van der Waals surface area contributed by atoms with Gasteiger partial charge in [0, 0.05) is 7.11 Å². The van der Waals surface area contributed by atoms with Crippen LogP contribution in [0.5, 0.6) is 0 Å². The Hall–Kier alpha value is -0.800. The fourth-order valence-electron chi connectivity index (χ4n) is 2.91. The van der Waals surface area contributed by atoms with Crippen LogP contribution in [0.1, 0.15) is 19.3 Å². The molecule has 2 rings (SSSR count). The molecule has 0 heterocycles. The van der Waals surface area contributed by atoms with Gasteiger partial charge in [0.15, 0.2) is 0 Å². The molecule has 0 aromatic heterocycles. The summed E-state index contributed by atoms with van der Waals surface area (Å²) in [6.07, 6.45) is 0.958. The first-order chi connectivity index (χ1) is 8.66. The predicted molar refractivity (Wildman–Crippen MR) is 58.0 cm³/mol. The number of carbonyl (C=O) groups is 1. The number of esters is 1. The molecule has 2 aliphatic carbocycles. The van der Waals surface area contributed by atoms with Crippen LogP contribution in [0.25, 0.3) is 0 Å². The van der Waals surface area contributed by atoms with E-state index in [4.69, 9.17) is 9.29 Å². The third kappa shape index (κ3) is 2.46. The zero-order valence-electron chi connectivity index (χ0n) is 10.1. The summed E-state index contributed by atoms with van der Waals surface area (Å²) in [6.45, 7) is 0. The molecule has 4 unspecified atom stereocenters. The van der Waals surface area contributed by atoms with Gasteiger partial charge in [-0.15, -0.1) is 0 Å². The van der Waals surface area contributed by atoms with Crippen LogP contribution in [-0.4, -0.2) is 43.5 Å². The molecule has 0 amide bonds. The Morgan fingerprint density at radius 3 is 2.16 bits per heavy atom. The largest absolute Gasteiger partial charge is 0.465 e. The van der Waals surface area contributed by atoms with Gasteiger partial charge >= 0.3 is 21.3 Å². The van der Waals surface area contributed by atoms with Crippen LogP contribution in [0.15, 0.2) is 0 Å². The van der Waals surface area contributed by atoms with Gasteiger partial charge in [-0.1, -0.05) is 0 Å². The summed E-state index contributed by atoms with van der Waals surface area (Å²) in [4.78, 5) is 11.2. The molecule has 4 atom stereocenters. The van der Waals surface area contributed by atoms with Crippen molar-refractivity contribution in [3.63, 3.8) is 0 Å². The normalized spacial score (nSPS) is 34.5. The lowest BCUT2D eigenvalue weighted by atomic mass is 9.95. The molecule has 0 aromatic rings. The number of fused-ring (bicyclic) bond motifs is 2. The van der Waals surface area contributed by atoms with E-state index >= 15 is 0 Å². The number of methoxy groups -OCH3 is 1. The van der Waals surface area contributed by atoms with Gasteiger partial charge in [-0.2, -0.15) is 17.2 Å². The van der Waals surface area contributed by atoms with E-state index in [0.717, 1.165) is 0 Å². The first-order valence-corrected chi connectivity index (χ1v) is 7.19. The standard InChI is InChI=1S/C10H14F2O6S/c1-17-7-3-6-2-5(7)4-8(6)18-9(13)10(11,12)19(14,15)16/h5-8H,2-4H2,1H3,(H,14,15,16). The van der Waals surface area contributed by atoms with Crippen molar-refractivity contribution in [2.75, 3.05) is 7.11 Å². The molecule has 0 saturated heterocycles. The minimum absolute atomic E-state index is 0.0297. The number of alkyl halides is 2. The van der Waals surface area contributed by atoms with Crippen LogP contribution >= 0.6 is 0 Å². The number of halogens is 2.